The summed E-state index contributed by atoms with van der Waals surface area (Å²) in [5, 5.41) is 27.9. The van der Waals surface area contributed by atoms with Crippen molar-refractivity contribution in [1.82, 2.24) is 31.7 Å². The second kappa shape index (κ2) is 18.1. The van der Waals surface area contributed by atoms with Crippen molar-refractivity contribution in [2.75, 3.05) is 27.3 Å². The van der Waals surface area contributed by atoms with Gasteiger partial charge in [0.25, 0.3) is 5.91 Å². The molecule has 1 aliphatic rings. The minimum absolute atomic E-state index is 0.216. The summed E-state index contributed by atoms with van der Waals surface area (Å²) in [6.07, 6.45) is -10.5. The Hall–Kier alpha value is -4.73. The van der Waals surface area contributed by atoms with Crippen LogP contribution in [-0.2, 0) is 25.6 Å². The van der Waals surface area contributed by atoms with Gasteiger partial charge in [-0.15, -0.1) is 0 Å². The van der Waals surface area contributed by atoms with Gasteiger partial charge in [0.05, 0.1) is 36.9 Å². The van der Waals surface area contributed by atoms with E-state index in [0.717, 1.165) is 39.2 Å². The Balaban J connectivity index is 2.44. The Morgan fingerprint density at radius 2 is 1.35 bits per heavy atom. The van der Waals surface area contributed by atoms with E-state index >= 15 is 8.78 Å². The quantitative estimate of drug-likeness (QED) is 0.0703. The van der Waals surface area contributed by atoms with Gasteiger partial charge in [-0.1, -0.05) is 0 Å². The molecular formula is C32H43F8N7O7. The minimum Gasteiger partial charge on any atom is -0.453 e. The number of ether oxygens (including phenoxy) is 2. The number of hydrogen-bond acceptors (Lipinski definition) is 10. The van der Waals surface area contributed by atoms with E-state index in [1.54, 1.807) is 10.6 Å². The van der Waals surface area contributed by atoms with Crippen molar-refractivity contribution in [2.45, 2.75) is 83.7 Å². The summed E-state index contributed by atoms with van der Waals surface area (Å²) in [4.78, 5) is 50.0. The van der Waals surface area contributed by atoms with Gasteiger partial charge in [0.2, 0.25) is 5.91 Å². The zero-order valence-corrected chi connectivity index (χ0v) is 30.0. The van der Waals surface area contributed by atoms with Gasteiger partial charge >= 0.3 is 24.5 Å². The van der Waals surface area contributed by atoms with Crippen molar-refractivity contribution in [3.8, 4) is 0 Å². The van der Waals surface area contributed by atoms with Gasteiger partial charge in [-0.3, -0.25) is 15.0 Å². The molecule has 54 heavy (non-hydrogen) atoms. The lowest BCUT2D eigenvalue weighted by atomic mass is 9.83. The Morgan fingerprint density at radius 3 is 1.78 bits per heavy atom. The second-order valence-corrected chi connectivity index (χ2v) is 13.4. The number of aliphatic hydroxyl groups excluding tert-OH is 1. The van der Waals surface area contributed by atoms with E-state index in [1.807, 2.05) is 10.7 Å². The molecule has 2 rings (SSSR count). The number of nitrogens with zero attached hydrogens (tertiary/aromatic N) is 1. The van der Waals surface area contributed by atoms with Crippen LogP contribution in [0.3, 0.4) is 0 Å². The first-order valence-corrected chi connectivity index (χ1v) is 16.1. The summed E-state index contributed by atoms with van der Waals surface area (Å²) in [5.41, 5.74) is -5.27. The third-order valence-corrected chi connectivity index (χ3v) is 8.50. The molecule has 304 valence electrons. The number of carbonyl (C=O) groups excluding carboxylic acids is 4. The van der Waals surface area contributed by atoms with Crippen molar-refractivity contribution in [3.05, 3.63) is 47.2 Å². The molecular weight excluding hydrogens is 746 g/mol. The first kappa shape index (κ1) is 45.4. The van der Waals surface area contributed by atoms with Crippen LogP contribution in [0.25, 0.3) is 0 Å². The number of nitrogens with one attached hydrogen (secondary N) is 6. The summed E-state index contributed by atoms with van der Waals surface area (Å²) < 4.78 is 123. The lowest BCUT2D eigenvalue weighted by Crippen LogP contribution is -2.62. The van der Waals surface area contributed by atoms with Gasteiger partial charge in [0.15, 0.2) is 0 Å². The summed E-state index contributed by atoms with van der Waals surface area (Å²) in [7, 11) is 1.63. The normalized spacial score (nSPS) is 15.6. The van der Waals surface area contributed by atoms with E-state index in [-0.39, 0.29) is 17.3 Å². The number of rotatable bonds is 17. The van der Waals surface area contributed by atoms with Crippen LogP contribution >= 0.6 is 0 Å². The van der Waals surface area contributed by atoms with Gasteiger partial charge in [-0.05, 0) is 64.9 Å². The average molecular weight is 790 g/mol. The molecule has 14 nitrogen and oxygen atoms in total. The number of halogens is 8. The number of alkyl carbamates (subject to hydrolysis) is 2. The van der Waals surface area contributed by atoms with Crippen molar-refractivity contribution in [2.24, 2.45) is 10.8 Å². The fourth-order valence-corrected chi connectivity index (χ4v) is 4.55. The first-order chi connectivity index (χ1) is 24.8. The number of benzene rings is 1. The van der Waals surface area contributed by atoms with Crippen LogP contribution in [0.4, 0.5) is 44.7 Å². The van der Waals surface area contributed by atoms with Gasteiger partial charge in [0.1, 0.15) is 23.7 Å². The molecule has 0 spiro atoms. The lowest BCUT2D eigenvalue weighted by molar-refractivity contribution is -0.221. The van der Waals surface area contributed by atoms with Crippen LogP contribution in [0.5, 0.6) is 0 Å². The van der Waals surface area contributed by atoms with Crippen LogP contribution in [-0.4, -0.2) is 104 Å². The number of carbonyl (C=O) groups is 4. The first-order valence-electron chi connectivity index (χ1n) is 16.1. The zero-order valence-electron chi connectivity index (χ0n) is 30.0. The topological polar surface area (TPSA) is 194 Å². The number of methoxy groups -OCH3 is 2. The summed E-state index contributed by atoms with van der Waals surface area (Å²) in [6.45, 7) is -0.591. The molecule has 0 heterocycles. The molecule has 22 heteroatoms. The SMILES string of the molecule is COC(=O)NC(C(=O)NC[C@@H](O)CN(Cc1c(F)cc(C(=N)/C=C\NC2CC2)cc1F)NC(=O)[C@@H](NC(=O)OC)C(C)(C)C(F)(F)F)C(C)(C)C(F)(F)F. The number of allylic oxidation sites excluding steroid dienone is 1. The van der Waals surface area contributed by atoms with E-state index in [0.29, 0.717) is 32.7 Å². The third-order valence-electron chi connectivity index (χ3n) is 8.50. The van der Waals surface area contributed by atoms with E-state index in [4.69, 9.17) is 5.41 Å². The lowest BCUT2D eigenvalue weighted by Gasteiger charge is -2.37. The molecule has 0 saturated heterocycles. The van der Waals surface area contributed by atoms with E-state index in [2.05, 4.69) is 14.8 Å². The molecule has 1 aromatic rings. The van der Waals surface area contributed by atoms with Crippen molar-refractivity contribution < 1.29 is 68.9 Å². The number of alkyl halides is 6. The summed E-state index contributed by atoms with van der Waals surface area (Å²) in [5.74, 6) is -5.65. The van der Waals surface area contributed by atoms with E-state index < -0.39 is 102 Å². The van der Waals surface area contributed by atoms with Crippen LogP contribution in [0.2, 0.25) is 0 Å². The van der Waals surface area contributed by atoms with Crippen molar-refractivity contribution in [1.29, 1.82) is 5.41 Å². The molecule has 0 radical (unpaired) electrons. The van der Waals surface area contributed by atoms with Crippen molar-refractivity contribution in [3.63, 3.8) is 0 Å². The molecule has 3 atom stereocenters. The molecule has 0 aromatic heterocycles. The van der Waals surface area contributed by atoms with Gasteiger partial charge < -0.3 is 41.3 Å². The monoisotopic (exact) mass is 789 g/mol. The standard InChI is InChI=1S/C32H43F8N7O7/c1-29(2,31(35,36)37)23(44-27(51)53-5)25(49)43-13-18(48)14-47(46-26(50)24(45-28(52)54-6)30(3,4)32(38,39)40)15-19-20(33)11-16(12-21(19)34)22(41)9-10-42-17-7-8-17/h9-12,17-18,23-24,41-42,48H,7-8,13-15H2,1-6H3,(H,43,49)(H,44,51)(H,45,52)(H,46,50)/b10-9-,41-22?/t18-,23?,24-/m1/s1. The van der Waals surface area contributed by atoms with Crippen LogP contribution in [0, 0.1) is 27.9 Å². The fraction of sp³-hybridized carbons (Fsp3) is 0.594. The number of amides is 4. The highest BCUT2D eigenvalue weighted by atomic mass is 19.4. The average Bonchev–Trinajstić information content (AvgIpc) is 3.89. The maximum absolute atomic E-state index is 15.4. The molecule has 1 unspecified atom stereocenters. The number of hydrogen-bond donors (Lipinski definition) is 7. The predicted molar refractivity (Wildman–Crippen MR) is 174 cm³/mol. The zero-order chi connectivity index (χ0) is 41.4. The fourth-order valence-electron chi connectivity index (χ4n) is 4.55. The molecule has 4 amide bonds. The number of hydrazine groups is 1. The van der Waals surface area contributed by atoms with E-state index in [1.165, 1.54) is 12.3 Å². The Labute approximate surface area is 304 Å². The predicted octanol–water partition coefficient (Wildman–Crippen LogP) is 3.53. The molecule has 7 N–H and O–H groups in total. The Morgan fingerprint density at radius 1 is 0.889 bits per heavy atom. The molecule has 1 aliphatic carbocycles. The van der Waals surface area contributed by atoms with Gasteiger partial charge in [0, 0.05) is 36.8 Å². The Kier molecular flexibility index (Phi) is 15.2. The highest BCUT2D eigenvalue weighted by Gasteiger charge is 2.57. The molecule has 1 fully saturated rings. The molecule has 1 saturated carbocycles. The van der Waals surface area contributed by atoms with Crippen molar-refractivity contribution >= 4 is 29.7 Å². The van der Waals surface area contributed by atoms with Crippen LogP contribution < -0.4 is 26.7 Å². The number of aliphatic hydroxyl groups is 1. The maximum atomic E-state index is 15.4. The molecule has 1 aromatic carbocycles. The molecule has 0 aliphatic heterocycles. The second-order valence-electron chi connectivity index (χ2n) is 13.4. The van der Waals surface area contributed by atoms with Crippen LogP contribution in [0.1, 0.15) is 51.7 Å². The smallest absolute Gasteiger partial charge is 0.407 e. The summed E-state index contributed by atoms with van der Waals surface area (Å²) >= 11 is 0. The summed E-state index contributed by atoms with van der Waals surface area (Å²) in [6, 6.07) is -3.01. The van der Waals surface area contributed by atoms with Gasteiger partial charge in [-0.25, -0.2) is 23.4 Å². The maximum Gasteiger partial charge on any atom is 0.407 e. The van der Waals surface area contributed by atoms with Gasteiger partial charge in [-0.2, -0.15) is 26.3 Å². The minimum atomic E-state index is -5.13. The largest absolute Gasteiger partial charge is 0.453 e. The highest BCUT2D eigenvalue weighted by molar-refractivity contribution is 6.06. The Bertz CT molecular complexity index is 1540. The van der Waals surface area contributed by atoms with E-state index in [9.17, 15) is 50.6 Å². The molecule has 0 bridgehead atoms. The van der Waals surface area contributed by atoms with Crippen LogP contribution in [0.15, 0.2) is 24.4 Å². The highest BCUT2D eigenvalue weighted by Crippen LogP contribution is 2.41. The third kappa shape index (κ3) is 12.1.